The Kier molecular flexibility index (Phi) is 6.40. The predicted octanol–water partition coefficient (Wildman–Crippen LogP) is 2.72. The van der Waals surface area contributed by atoms with Crippen molar-refractivity contribution >= 4 is 33.3 Å². The van der Waals surface area contributed by atoms with Gasteiger partial charge in [0.15, 0.2) is 0 Å². The normalized spacial score (nSPS) is 23.4. The molecular formula is C21H25F3N6O3S. The van der Waals surface area contributed by atoms with Gasteiger partial charge in [-0.25, -0.2) is 9.97 Å². The van der Waals surface area contributed by atoms with Crippen molar-refractivity contribution in [3.8, 4) is 10.6 Å². The van der Waals surface area contributed by atoms with Crippen molar-refractivity contribution in [2.75, 3.05) is 17.2 Å². The smallest absolute Gasteiger partial charge is 0.390 e. The molecule has 4 atom stereocenters. The molecule has 1 aliphatic rings. The van der Waals surface area contributed by atoms with Crippen LogP contribution in [0.5, 0.6) is 0 Å². The quantitative estimate of drug-likeness (QED) is 0.347. The van der Waals surface area contributed by atoms with Gasteiger partial charge in [-0.15, -0.1) is 11.3 Å². The summed E-state index contributed by atoms with van der Waals surface area (Å²) in [6.45, 7) is 3.41. The number of hydrogen-bond acceptors (Lipinski definition) is 10. The Hall–Kier alpha value is -2.61. The number of aliphatic hydroxyl groups excluding tert-OH is 2. The molecule has 1 saturated carbocycles. The van der Waals surface area contributed by atoms with Crippen LogP contribution in [0.3, 0.4) is 0 Å². The van der Waals surface area contributed by atoms with Crippen LogP contribution in [-0.4, -0.2) is 71.8 Å². The van der Waals surface area contributed by atoms with E-state index < -0.39 is 42.5 Å². The maximum atomic E-state index is 12.7. The number of thiazole rings is 1. The highest BCUT2D eigenvalue weighted by Gasteiger charge is 2.48. The third kappa shape index (κ3) is 5.06. The topological polar surface area (TPSA) is 136 Å². The van der Waals surface area contributed by atoms with E-state index in [1.165, 1.54) is 11.3 Å². The minimum absolute atomic E-state index is 0.164. The van der Waals surface area contributed by atoms with Gasteiger partial charge in [0, 0.05) is 12.1 Å². The fraction of sp³-hybridized carbons (Fsp3) is 0.524. The van der Waals surface area contributed by atoms with Crippen LogP contribution in [-0.2, 0) is 0 Å². The van der Waals surface area contributed by atoms with Crippen molar-refractivity contribution in [1.82, 2.24) is 19.9 Å². The van der Waals surface area contributed by atoms with Gasteiger partial charge < -0.3 is 26.0 Å². The number of nitrogens with one attached hydrogen (secondary N) is 2. The highest BCUT2D eigenvalue weighted by atomic mass is 32.1. The number of alkyl halides is 3. The summed E-state index contributed by atoms with van der Waals surface area (Å²) in [5.41, 5.74) is 0.236. The monoisotopic (exact) mass is 498 g/mol. The molecule has 5 N–H and O–H groups in total. The Labute approximate surface area is 197 Å². The van der Waals surface area contributed by atoms with E-state index in [1.807, 2.05) is 0 Å². The molecule has 0 radical (unpaired) electrons. The summed E-state index contributed by atoms with van der Waals surface area (Å²) in [5.74, 6) is -0.699. The third-order valence-corrected chi connectivity index (χ3v) is 6.91. The summed E-state index contributed by atoms with van der Waals surface area (Å²) in [4.78, 5) is 17.1. The Bertz CT molecular complexity index is 1150. The van der Waals surface area contributed by atoms with Crippen LogP contribution in [0.25, 0.3) is 20.8 Å². The number of fused-ring (bicyclic) bond motifs is 1. The largest absolute Gasteiger partial charge is 0.405 e. The molecule has 0 aliphatic heterocycles. The third-order valence-electron chi connectivity index (χ3n) is 5.85. The Morgan fingerprint density at radius 1 is 1.15 bits per heavy atom. The second-order valence-corrected chi connectivity index (χ2v) is 9.95. The van der Waals surface area contributed by atoms with Gasteiger partial charge in [-0.05, 0) is 33.3 Å². The van der Waals surface area contributed by atoms with Gasteiger partial charge in [-0.1, -0.05) is 0 Å². The van der Waals surface area contributed by atoms with Crippen LogP contribution >= 0.6 is 11.3 Å². The Morgan fingerprint density at radius 3 is 2.50 bits per heavy atom. The van der Waals surface area contributed by atoms with Crippen LogP contribution in [0.2, 0.25) is 0 Å². The van der Waals surface area contributed by atoms with Crippen LogP contribution in [0.15, 0.2) is 18.5 Å². The van der Waals surface area contributed by atoms with Gasteiger partial charge in [0.2, 0.25) is 5.95 Å². The first-order valence-electron chi connectivity index (χ1n) is 10.6. The zero-order valence-electron chi connectivity index (χ0n) is 18.6. The average Bonchev–Trinajstić information content (AvgIpc) is 3.27. The maximum absolute atomic E-state index is 12.7. The second kappa shape index (κ2) is 8.87. The summed E-state index contributed by atoms with van der Waals surface area (Å²) < 4.78 is 39.1. The molecular weight excluding hydrogens is 473 g/mol. The maximum Gasteiger partial charge on any atom is 0.405 e. The molecule has 3 heterocycles. The van der Waals surface area contributed by atoms with E-state index in [9.17, 15) is 28.5 Å². The molecule has 0 spiro atoms. The predicted molar refractivity (Wildman–Crippen MR) is 122 cm³/mol. The van der Waals surface area contributed by atoms with E-state index in [4.69, 9.17) is 0 Å². The number of rotatable bonds is 6. The highest BCUT2D eigenvalue weighted by Crippen LogP contribution is 2.40. The lowest BCUT2D eigenvalue weighted by molar-refractivity contribution is -0.115. The Balaban J connectivity index is 1.74. The standard InChI is InChI=1S/C21H25F3N6O3S/c1-9-14(18-29-12-7-25-5-4-13(12)34-18)17(30-19(27-9)26-8-21(22,23)24)28-11-6-10(20(2,3)33)15(31)16(11)32/h4-5,7,10-11,15-16,31-33H,6,8H2,1-3H3,(H2,26,27,28,30)/t10-,11+,15+,16-/m0/s1. The minimum Gasteiger partial charge on any atom is -0.390 e. The van der Waals surface area contributed by atoms with Crippen molar-refractivity contribution < 1.29 is 28.5 Å². The zero-order chi connectivity index (χ0) is 24.8. The number of halogens is 3. The summed E-state index contributed by atoms with van der Waals surface area (Å²) in [5, 5.41) is 37.3. The van der Waals surface area contributed by atoms with Gasteiger partial charge in [-0.2, -0.15) is 18.2 Å². The van der Waals surface area contributed by atoms with Gasteiger partial charge in [0.25, 0.3) is 0 Å². The van der Waals surface area contributed by atoms with Crippen molar-refractivity contribution in [3.63, 3.8) is 0 Å². The van der Waals surface area contributed by atoms with E-state index >= 15 is 0 Å². The molecule has 4 rings (SSSR count). The number of aromatic nitrogens is 4. The lowest BCUT2D eigenvalue weighted by Crippen LogP contribution is -2.40. The summed E-state index contributed by atoms with van der Waals surface area (Å²) in [7, 11) is 0. The van der Waals surface area contributed by atoms with Crippen LogP contribution in [0, 0.1) is 12.8 Å². The van der Waals surface area contributed by atoms with E-state index in [-0.39, 0.29) is 18.2 Å². The molecule has 3 aromatic heterocycles. The lowest BCUT2D eigenvalue weighted by atomic mass is 9.88. The number of aliphatic hydroxyl groups is 3. The highest BCUT2D eigenvalue weighted by molar-refractivity contribution is 7.21. The van der Waals surface area contributed by atoms with Crippen molar-refractivity contribution in [3.05, 3.63) is 24.2 Å². The summed E-state index contributed by atoms with van der Waals surface area (Å²) in [6, 6.07) is 1.08. The first kappa shape index (κ1) is 24.5. The second-order valence-electron chi connectivity index (χ2n) is 8.92. The molecule has 0 saturated heterocycles. The number of hydrogen-bond donors (Lipinski definition) is 5. The number of nitrogens with zero attached hydrogens (tertiary/aromatic N) is 4. The minimum atomic E-state index is -4.46. The molecule has 34 heavy (non-hydrogen) atoms. The van der Waals surface area contributed by atoms with Crippen molar-refractivity contribution in [1.29, 1.82) is 0 Å². The molecule has 13 heteroatoms. The number of pyridine rings is 1. The summed E-state index contributed by atoms with van der Waals surface area (Å²) in [6.07, 6.45) is -3.45. The Morgan fingerprint density at radius 2 is 1.88 bits per heavy atom. The SMILES string of the molecule is Cc1nc(NCC(F)(F)F)nc(N[C@@H]2C[C@H](C(C)(C)O)[C@@H](O)[C@H]2O)c1-c1nc2cnccc2s1. The fourth-order valence-corrected chi connectivity index (χ4v) is 5.16. The van der Waals surface area contributed by atoms with E-state index in [0.29, 0.717) is 21.8 Å². The van der Waals surface area contributed by atoms with Gasteiger partial charge >= 0.3 is 6.18 Å². The number of anilines is 2. The number of aryl methyl sites for hydroxylation is 1. The lowest BCUT2D eigenvalue weighted by Gasteiger charge is -2.28. The van der Waals surface area contributed by atoms with Crippen molar-refractivity contribution in [2.45, 2.75) is 57.2 Å². The average molecular weight is 499 g/mol. The van der Waals surface area contributed by atoms with E-state index in [2.05, 4.69) is 30.6 Å². The van der Waals surface area contributed by atoms with Crippen LogP contribution < -0.4 is 10.6 Å². The van der Waals surface area contributed by atoms with Gasteiger partial charge in [0.05, 0.1) is 39.9 Å². The van der Waals surface area contributed by atoms with Crippen LogP contribution in [0.4, 0.5) is 24.9 Å². The first-order valence-corrected chi connectivity index (χ1v) is 11.4. The zero-order valence-corrected chi connectivity index (χ0v) is 19.4. The molecule has 1 fully saturated rings. The van der Waals surface area contributed by atoms with Crippen LogP contribution in [0.1, 0.15) is 26.0 Å². The molecule has 0 amide bonds. The molecule has 9 nitrogen and oxygen atoms in total. The summed E-state index contributed by atoms with van der Waals surface area (Å²) >= 11 is 1.34. The first-order chi connectivity index (χ1) is 15.8. The van der Waals surface area contributed by atoms with E-state index in [1.54, 1.807) is 39.2 Å². The molecule has 184 valence electrons. The van der Waals surface area contributed by atoms with Crippen molar-refractivity contribution in [2.24, 2.45) is 5.92 Å². The molecule has 0 bridgehead atoms. The molecule has 0 aromatic carbocycles. The molecule has 3 aromatic rings. The van der Waals surface area contributed by atoms with Gasteiger partial charge in [0.1, 0.15) is 29.0 Å². The van der Waals surface area contributed by atoms with E-state index in [0.717, 1.165) is 4.70 Å². The van der Waals surface area contributed by atoms with Gasteiger partial charge in [-0.3, -0.25) is 4.98 Å². The molecule has 0 unspecified atom stereocenters. The fourth-order valence-electron chi connectivity index (χ4n) is 4.13. The molecule has 1 aliphatic carbocycles.